The molecule has 0 fully saturated rings. The van der Waals surface area contributed by atoms with Crippen LogP contribution in [0.15, 0.2) is 15.0 Å². The molecule has 1 aromatic carbocycles. The summed E-state index contributed by atoms with van der Waals surface area (Å²) in [4.78, 5) is 14.4. The van der Waals surface area contributed by atoms with E-state index in [2.05, 4.69) is 63.3 Å². The van der Waals surface area contributed by atoms with E-state index < -0.39 is 6.17 Å². The van der Waals surface area contributed by atoms with E-state index >= 15 is 0 Å². The molecule has 0 saturated carbocycles. The first kappa shape index (κ1) is 22.0. The van der Waals surface area contributed by atoms with E-state index in [0.717, 1.165) is 35.4 Å². The Balaban J connectivity index is 1.69. The Hall–Kier alpha value is -1.25. The molecule has 5 nitrogen and oxygen atoms in total. The second-order valence-electron chi connectivity index (χ2n) is 8.94. The first-order valence-electron chi connectivity index (χ1n) is 10.2. The minimum absolute atomic E-state index is 0.0371. The number of benzene rings is 1. The summed E-state index contributed by atoms with van der Waals surface area (Å²) < 4.78 is 6.75. The normalized spacial score (nSPS) is 20.8. The van der Waals surface area contributed by atoms with Crippen LogP contribution in [0.1, 0.15) is 66.6 Å². The van der Waals surface area contributed by atoms with Gasteiger partial charge in [-0.2, -0.15) is 0 Å². The molecule has 2 aromatic rings. The highest BCUT2D eigenvalue weighted by atomic mass is 79.9. The van der Waals surface area contributed by atoms with E-state index in [0.29, 0.717) is 27.2 Å². The lowest BCUT2D eigenvalue weighted by Gasteiger charge is -2.34. The predicted molar refractivity (Wildman–Crippen MR) is 128 cm³/mol. The summed E-state index contributed by atoms with van der Waals surface area (Å²) in [5, 5.41) is 17.9. The number of nitrogens with one attached hydrogen (secondary N) is 2. The maximum atomic E-state index is 13.1. The number of fused-ring (bicyclic) bond motifs is 3. The number of aromatic hydroxyl groups is 1. The minimum Gasteiger partial charge on any atom is -0.503 e. The summed E-state index contributed by atoms with van der Waals surface area (Å²) in [6.07, 6.45) is 2.67. The largest absolute Gasteiger partial charge is 0.503 e. The third-order valence-electron chi connectivity index (χ3n) is 6.05. The predicted octanol–water partition coefficient (Wildman–Crippen LogP) is 6.38. The number of hydrogen-bond donors (Lipinski definition) is 3. The fourth-order valence-electron chi connectivity index (χ4n) is 4.28. The first-order chi connectivity index (χ1) is 14.1. The molecule has 1 aliphatic heterocycles. The Labute approximate surface area is 197 Å². The van der Waals surface area contributed by atoms with Gasteiger partial charge in [-0.25, -0.2) is 0 Å². The Kier molecular flexibility index (Phi) is 5.87. The van der Waals surface area contributed by atoms with Crippen molar-refractivity contribution in [2.45, 2.75) is 53.1 Å². The highest BCUT2D eigenvalue weighted by Gasteiger charge is 2.37. The Morgan fingerprint density at radius 1 is 1.27 bits per heavy atom. The summed E-state index contributed by atoms with van der Waals surface area (Å²) in [6.45, 7) is 9.19. The maximum Gasteiger partial charge on any atom is 0.256 e. The Bertz CT molecular complexity index is 1010. The van der Waals surface area contributed by atoms with E-state index in [1.165, 1.54) is 10.4 Å². The summed E-state index contributed by atoms with van der Waals surface area (Å²) in [5.74, 6) is 0.993. The molecule has 0 bridgehead atoms. The number of hydrogen-bond acceptors (Lipinski definition) is 5. The van der Waals surface area contributed by atoms with Crippen LogP contribution in [0.3, 0.4) is 0 Å². The number of halogens is 2. The van der Waals surface area contributed by atoms with E-state index in [1.807, 2.05) is 6.92 Å². The molecule has 2 aliphatic rings. The van der Waals surface area contributed by atoms with Gasteiger partial charge in [0.05, 0.1) is 16.6 Å². The van der Waals surface area contributed by atoms with Crippen LogP contribution in [0.5, 0.6) is 11.5 Å². The van der Waals surface area contributed by atoms with Crippen molar-refractivity contribution in [1.82, 2.24) is 5.32 Å². The van der Waals surface area contributed by atoms with Crippen molar-refractivity contribution in [3.8, 4) is 11.5 Å². The van der Waals surface area contributed by atoms with Crippen molar-refractivity contribution < 1.29 is 14.6 Å². The number of rotatable bonds is 3. The molecule has 30 heavy (non-hydrogen) atoms. The van der Waals surface area contributed by atoms with Crippen molar-refractivity contribution in [2.75, 3.05) is 11.9 Å². The van der Waals surface area contributed by atoms with E-state index in [9.17, 15) is 9.90 Å². The first-order valence-corrected chi connectivity index (χ1v) is 12.6. The van der Waals surface area contributed by atoms with Gasteiger partial charge >= 0.3 is 0 Å². The van der Waals surface area contributed by atoms with Crippen molar-refractivity contribution in [2.24, 2.45) is 11.3 Å². The van der Waals surface area contributed by atoms with Crippen LogP contribution >= 0.6 is 43.2 Å². The van der Waals surface area contributed by atoms with Crippen LogP contribution in [-0.4, -0.2) is 17.6 Å². The van der Waals surface area contributed by atoms with Gasteiger partial charge in [0.15, 0.2) is 11.5 Å². The summed E-state index contributed by atoms with van der Waals surface area (Å²) in [6, 6.07) is 1.76. The summed E-state index contributed by atoms with van der Waals surface area (Å²) in [7, 11) is 0. The second-order valence-corrected chi connectivity index (χ2v) is 11.6. The average molecular weight is 558 g/mol. The van der Waals surface area contributed by atoms with E-state index in [-0.39, 0.29) is 17.1 Å². The fourth-order valence-corrected chi connectivity index (χ4v) is 6.59. The molecule has 1 aromatic heterocycles. The van der Waals surface area contributed by atoms with Gasteiger partial charge in [-0.15, -0.1) is 11.3 Å². The van der Waals surface area contributed by atoms with E-state index in [4.69, 9.17) is 4.74 Å². The number of thiophene rings is 1. The molecule has 0 saturated heterocycles. The number of amides is 1. The molecule has 1 amide bonds. The minimum atomic E-state index is -0.422. The molecule has 3 N–H and O–H groups in total. The second kappa shape index (κ2) is 8.02. The standard InChI is InChI=1S/C22H26Br2N2O3S/c1-5-29-13-9-12(16(23)17(24)18(13)27)19-25-20(28)15-11-7-6-10(22(2,3)4)8-14(11)30-21(15)26-19/h9-10,19,26-27H,5-8H2,1-4H3,(H,25,28)/t10-,19+/m1/s1. The van der Waals surface area contributed by atoms with Crippen molar-refractivity contribution >= 4 is 54.1 Å². The van der Waals surface area contributed by atoms with Gasteiger partial charge in [0.25, 0.3) is 5.91 Å². The van der Waals surface area contributed by atoms with Gasteiger partial charge in [0.1, 0.15) is 11.2 Å². The van der Waals surface area contributed by atoms with Gasteiger partial charge < -0.3 is 20.5 Å². The highest BCUT2D eigenvalue weighted by molar-refractivity contribution is 9.13. The molecule has 2 heterocycles. The lowest BCUT2D eigenvalue weighted by Crippen LogP contribution is -2.38. The van der Waals surface area contributed by atoms with Gasteiger partial charge in [-0.05, 0) is 81.0 Å². The molecule has 0 radical (unpaired) electrons. The maximum absolute atomic E-state index is 13.1. The lowest BCUT2D eigenvalue weighted by atomic mass is 9.72. The van der Waals surface area contributed by atoms with Crippen LogP contribution in [0.25, 0.3) is 0 Å². The molecule has 8 heteroatoms. The summed E-state index contributed by atoms with van der Waals surface area (Å²) >= 11 is 8.68. The number of anilines is 1. The molecule has 1 aliphatic carbocycles. The van der Waals surface area contributed by atoms with Gasteiger partial charge in [0.2, 0.25) is 0 Å². The number of phenolic OH excluding ortho intramolecular Hbond substituents is 1. The van der Waals surface area contributed by atoms with Crippen LogP contribution < -0.4 is 15.4 Å². The topological polar surface area (TPSA) is 70.6 Å². The monoisotopic (exact) mass is 556 g/mol. The molecule has 0 spiro atoms. The smallest absolute Gasteiger partial charge is 0.256 e. The molecule has 0 unspecified atom stereocenters. The zero-order valence-electron chi connectivity index (χ0n) is 17.5. The van der Waals surface area contributed by atoms with E-state index in [1.54, 1.807) is 17.4 Å². The van der Waals surface area contributed by atoms with Gasteiger partial charge in [-0.3, -0.25) is 4.79 Å². The molecule has 162 valence electrons. The Morgan fingerprint density at radius 3 is 2.67 bits per heavy atom. The lowest BCUT2D eigenvalue weighted by molar-refractivity contribution is 0.0934. The molecule has 2 atom stereocenters. The quantitative estimate of drug-likeness (QED) is 0.409. The number of carbonyl (C=O) groups is 1. The van der Waals surface area contributed by atoms with Crippen molar-refractivity contribution in [3.05, 3.63) is 36.6 Å². The average Bonchev–Trinajstić information content (AvgIpc) is 3.05. The van der Waals surface area contributed by atoms with Crippen LogP contribution in [0, 0.1) is 11.3 Å². The highest BCUT2D eigenvalue weighted by Crippen LogP contribution is 2.48. The molecular weight excluding hydrogens is 532 g/mol. The zero-order chi connectivity index (χ0) is 21.8. The third-order valence-corrected chi connectivity index (χ3v) is 9.40. The van der Waals surface area contributed by atoms with Crippen molar-refractivity contribution in [1.29, 1.82) is 0 Å². The van der Waals surface area contributed by atoms with Gasteiger partial charge in [-0.1, -0.05) is 20.8 Å². The SMILES string of the molecule is CCOc1cc([C@H]2NC(=O)c3c(sc4c3CC[C@@H](C(C)(C)C)C4)N2)c(Br)c(Br)c1O. The zero-order valence-corrected chi connectivity index (χ0v) is 21.5. The van der Waals surface area contributed by atoms with Crippen LogP contribution in [0.4, 0.5) is 5.00 Å². The molecular formula is C22H26Br2N2O3S. The fraction of sp³-hybridized carbons (Fsp3) is 0.500. The Morgan fingerprint density at radius 2 is 2.00 bits per heavy atom. The summed E-state index contributed by atoms with van der Waals surface area (Å²) in [5.41, 5.74) is 3.07. The van der Waals surface area contributed by atoms with Crippen LogP contribution in [0.2, 0.25) is 0 Å². The third kappa shape index (κ3) is 3.75. The number of ether oxygens (including phenoxy) is 1. The molecule has 4 rings (SSSR count). The number of phenols is 1. The number of carbonyl (C=O) groups excluding carboxylic acids is 1. The van der Waals surface area contributed by atoms with Crippen LogP contribution in [-0.2, 0) is 12.8 Å². The van der Waals surface area contributed by atoms with Gasteiger partial charge in [0, 0.05) is 14.9 Å². The van der Waals surface area contributed by atoms with Crippen molar-refractivity contribution in [3.63, 3.8) is 0 Å².